The summed E-state index contributed by atoms with van der Waals surface area (Å²) in [5, 5.41) is 7.67. The van der Waals surface area contributed by atoms with Crippen LogP contribution in [0.2, 0.25) is 0 Å². The zero-order chi connectivity index (χ0) is 19.9. The molecular weight excluding hydrogens is 360 g/mol. The lowest BCUT2D eigenvalue weighted by Crippen LogP contribution is -2.19. The van der Waals surface area contributed by atoms with Crippen molar-refractivity contribution in [2.45, 2.75) is 13.8 Å². The number of carbonyl (C=O) groups is 2. The Morgan fingerprint density at radius 1 is 0.714 bits per heavy atom. The highest BCUT2D eigenvalue weighted by molar-refractivity contribution is 5.98. The maximum Gasteiger partial charge on any atom is 0.271 e. The third-order valence-electron chi connectivity index (χ3n) is 3.65. The molecule has 0 unspecified atom stereocenters. The molecule has 0 fully saturated rings. The quantitative estimate of drug-likeness (QED) is 0.507. The highest BCUT2D eigenvalue weighted by Crippen LogP contribution is 2.06. The Labute approximate surface area is 160 Å². The number of nitrogens with one attached hydrogen (secondary N) is 2. The van der Waals surface area contributed by atoms with Gasteiger partial charge in [-0.15, -0.1) is 0 Å². The van der Waals surface area contributed by atoms with Crippen LogP contribution in [0.5, 0.6) is 0 Å². The fraction of sp³-hybridized carbons (Fsp3) is 0.100. The molecule has 2 heterocycles. The van der Waals surface area contributed by atoms with Crippen LogP contribution in [-0.4, -0.2) is 24.2 Å². The van der Waals surface area contributed by atoms with Gasteiger partial charge in [0, 0.05) is 11.1 Å². The zero-order valence-electron chi connectivity index (χ0n) is 15.3. The van der Waals surface area contributed by atoms with Gasteiger partial charge in [-0.25, -0.2) is 10.9 Å². The molecule has 0 aliphatic heterocycles. The van der Waals surface area contributed by atoms with Crippen LogP contribution in [0, 0.1) is 13.8 Å². The van der Waals surface area contributed by atoms with Crippen LogP contribution < -0.4 is 10.9 Å². The van der Waals surface area contributed by atoms with E-state index in [2.05, 4.69) is 21.1 Å². The molecule has 8 heteroatoms. The Bertz CT molecular complexity index is 945. The third-order valence-corrected chi connectivity index (χ3v) is 3.65. The van der Waals surface area contributed by atoms with E-state index >= 15 is 0 Å². The van der Waals surface area contributed by atoms with E-state index in [1.807, 2.05) is 13.8 Å². The number of carbonyl (C=O) groups excluding carboxylic acids is 2. The van der Waals surface area contributed by atoms with Gasteiger partial charge in [-0.3, -0.25) is 9.59 Å². The lowest BCUT2D eigenvalue weighted by molar-refractivity contribution is 0.0943. The first-order chi connectivity index (χ1) is 13.5. The first-order valence-electron chi connectivity index (χ1n) is 8.41. The van der Waals surface area contributed by atoms with Gasteiger partial charge in [0.15, 0.2) is 0 Å². The van der Waals surface area contributed by atoms with Crippen LogP contribution in [-0.2, 0) is 0 Å². The molecule has 0 radical (unpaired) electrons. The first kappa shape index (κ1) is 18.8. The minimum Gasteiger partial charge on any atom is -0.460 e. The lowest BCUT2D eigenvalue weighted by atomic mass is 10.1. The minimum absolute atomic E-state index is 0.360. The summed E-state index contributed by atoms with van der Waals surface area (Å²) in [4.78, 5) is 24.1. The summed E-state index contributed by atoms with van der Waals surface area (Å²) in [5.74, 6) is 1.77. The van der Waals surface area contributed by atoms with E-state index in [9.17, 15) is 9.59 Å². The van der Waals surface area contributed by atoms with Crippen molar-refractivity contribution in [3.05, 3.63) is 82.7 Å². The van der Waals surface area contributed by atoms with Gasteiger partial charge >= 0.3 is 0 Å². The van der Waals surface area contributed by atoms with Crippen LogP contribution in [0.3, 0.4) is 0 Å². The van der Waals surface area contributed by atoms with Gasteiger partial charge < -0.3 is 8.83 Å². The summed E-state index contributed by atoms with van der Waals surface area (Å²) in [6.45, 7) is 3.63. The monoisotopic (exact) mass is 378 g/mol. The summed E-state index contributed by atoms with van der Waals surface area (Å²) in [7, 11) is 0. The molecule has 28 heavy (non-hydrogen) atoms. The Balaban J connectivity index is 1.53. The van der Waals surface area contributed by atoms with Gasteiger partial charge in [-0.05, 0) is 62.4 Å². The van der Waals surface area contributed by atoms with Crippen molar-refractivity contribution in [3.8, 4) is 0 Å². The average molecular weight is 378 g/mol. The van der Waals surface area contributed by atoms with E-state index in [4.69, 9.17) is 8.83 Å². The number of benzene rings is 1. The van der Waals surface area contributed by atoms with E-state index in [1.165, 1.54) is 36.7 Å². The summed E-state index contributed by atoms with van der Waals surface area (Å²) in [5.41, 5.74) is 5.51. The van der Waals surface area contributed by atoms with Crippen LogP contribution in [0.25, 0.3) is 0 Å². The normalized spacial score (nSPS) is 11.2. The van der Waals surface area contributed by atoms with Crippen molar-refractivity contribution in [1.29, 1.82) is 0 Å². The molecule has 2 N–H and O–H groups in total. The molecule has 0 spiro atoms. The van der Waals surface area contributed by atoms with E-state index in [1.54, 1.807) is 24.3 Å². The fourth-order valence-corrected chi connectivity index (χ4v) is 2.26. The molecule has 0 saturated carbocycles. The molecule has 142 valence electrons. The second kappa shape index (κ2) is 8.63. The number of hydrazone groups is 2. The van der Waals surface area contributed by atoms with Gasteiger partial charge in [-0.2, -0.15) is 10.2 Å². The number of rotatable bonds is 6. The smallest absolute Gasteiger partial charge is 0.271 e. The molecule has 1 aromatic carbocycles. The van der Waals surface area contributed by atoms with E-state index < -0.39 is 11.8 Å². The van der Waals surface area contributed by atoms with Crippen molar-refractivity contribution in [2.75, 3.05) is 0 Å². The molecule has 0 aliphatic rings. The molecular formula is C20H18N4O4. The van der Waals surface area contributed by atoms with Crippen LogP contribution >= 0.6 is 0 Å². The zero-order valence-corrected chi connectivity index (χ0v) is 15.3. The molecule has 3 aromatic rings. The van der Waals surface area contributed by atoms with Gasteiger partial charge in [0.25, 0.3) is 11.8 Å². The van der Waals surface area contributed by atoms with E-state index in [-0.39, 0.29) is 0 Å². The van der Waals surface area contributed by atoms with Gasteiger partial charge in [0.1, 0.15) is 23.0 Å². The molecule has 2 amide bonds. The number of nitrogens with zero attached hydrogens (tertiary/aromatic N) is 2. The van der Waals surface area contributed by atoms with Crippen LogP contribution in [0.15, 0.2) is 67.6 Å². The Morgan fingerprint density at radius 2 is 1.11 bits per heavy atom. The Hall–Kier alpha value is -3.94. The number of hydrogen-bond acceptors (Lipinski definition) is 6. The topological polar surface area (TPSA) is 109 Å². The molecule has 0 atom stereocenters. The van der Waals surface area contributed by atoms with Crippen molar-refractivity contribution in [2.24, 2.45) is 10.2 Å². The molecule has 0 saturated heterocycles. The SMILES string of the molecule is Cc1ccc(C=NNC(=O)c2ccc(C(=O)NN=Cc3ccc(C)o3)cc2)o1. The lowest BCUT2D eigenvalue weighted by Gasteiger charge is -2.02. The van der Waals surface area contributed by atoms with Gasteiger partial charge in [0.05, 0.1) is 12.4 Å². The summed E-state index contributed by atoms with van der Waals surface area (Å²) in [6, 6.07) is 13.2. The molecule has 2 aromatic heterocycles. The molecule has 8 nitrogen and oxygen atoms in total. The summed E-state index contributed by atoms with van der Waals surface area (Å²) in [6.07, 6.45) is 2.82. The largest absolute Gasteiger partial charge is 0.460 e. The summed E-state index contributed by atoms with van der Waals surface area (Å²) < 4.78 is 10.6. The van der Waals surface area contributed by atoms with Gasteiger partial charge in [-0.1, -0.05) is 0 Å². The van der Waals surface area contributed by atoms with Crippen LogP contribution in [0.4, 0.5) is 0 Å². The maximum atomic E-state index is 12.1. The minimum atomic E-state index is -0.405. The van der Waals surface area contributed by atoms with E-state index in [0.717, 1.165) is 11.5 Å². The standard InChI is InChI=1S/C20H18N4O4/c1-13-3-9-17(27-13)11-21-23-19(25)15-5-7-16(8-6-15)20(26)24-22-12-18-10-4-14(2)28-18/h3-12H,1-2H3,(H,23,25)(H,24,26). The second-order valence-electron chi connectivity index (χ2n) is 5.87. The van der Waals surface area contributed by atoms with Crippen molar-refractivity contribution in [1.82, 2.24) is 10.9 Å². The third kappa shape index (κ3) is 5.04. The number of hydrogen-bond donors (Lipinski definition) is 2. The highest BCUT2D eigenvalue weighted by atomic mass is 16.3. The molecule has 3 rings (SSSR count). The second-order valence-corrected chi connectivity index (χ2v) is 5.87. The molecule has 0 aliphatic carbocycles. The van der Waals surface area contributed by atoms with Gasteiger partial charge in [0.2, 0.25) is 0 Å². The Kier molecular flexibility index (Phi) is 5.81. The number of furan rings is 2. The van der Waals surface area contributed by atoms with Crippen molar-refractivity contribution in [3.63, 3.8) is 0 Å². The number of amides is 2. The van der Waals surface area contributed by atoms with E-state index in [0.29, 0.717) is 22.6 Å². The highest BCUT2D eigenvalue weighted by Gasteiger charge is 2.08. The molecule has 0 bridgehead atoms. The first-order valence-corrected chi connectivity index (χ1v) is 8.41. The predicted octanol–water partition coefficient (Wildman–Crippen LogP) is 3.02. The summed E-state index contributed by atoms with van der Waals surface area (Å²) >= 11 is 0. The predicted molar refractivity (Wildman–Crippen MR) is 103 cm³/mol. The average Bonchev–Trinajstić information content (AvgIpc) is 3.29. The maximum absolute atomic E-state index is 12.1. The number of aryl methyl sites for hydroxylation is 2. The van der Waals surface area contributed by atoms with Crippen molar-refractivity contribution < 1.29 is 18.4 Å². The van der Waals surface area contributed by atoms with Crippen molar-refractivity contribution >= 4 is 24.2 Å². The van der Waals surface area contributed by atoms with Crippen LogP contribution in [0.1, 0.15) is 43.8 Å². The Morgan fingerprint density at radius 3 is 1.43 bits per heavy atom. The fourth-order valence-electron chi connectivity index (χ4n) is 2.26.